The van der Waals surface area contributed by atoms with Crippen molar-refractivity contribution in [2.24, 2.45) is 5.92 Å². The molecule has 1 aromatic heterocycles. The Bertz CT molecular complexity index is 784. The van der Waals surface area contributed by atoms with E-state index in [4.69, 9.17) is 0 Å². The van der Waals surface area contributed by atoms with Crippen molar-refractivity contribution in [2.45, 2.75) is 51.9 Å². The van der Waals surface area contributed by atoms with Crippen molar-refractivity contribution in [3.05, 3.63) is 40.4 Å². The van der Waals surface area contributed by atoms with Crippen molar-refractivity contribution in [1.29, 1.82) is 0 Å². The second kappa shape index (κ2) is 8.28. The number of rotatable bonds is 5. The highest BCUT2D eigenvalue weighted by molar-refractivity contribution is 5.78. The molecular weight excluding hydrogens is 314 g/mol. The summed E-state index contributed by atoms with van der Waals surface area (Å²) in [6.07, 6.45) is 6.82. The smallest absolute Gasteiger partial charge is 0.258 e. The molecule has 5 heteroatoms. The maximum Gasteiger partial charge on any atom is 0.258 e. The standard InChI is InChI=1S/C20H27N3O2/c1-2-6-15-7-5-13-23(14-12-15)19(24)11-10-18-21-17-9-4-3-8-16(17)20(25)22-18/h3-4,8-9,15H,2,5-7,10-14H2,1H3,(H,21,22,25). The second-order valence-electron chi connectivity index (χ2n) is 7.00. The molecule has 2 aromatic rings. The first kappa shape index (κ1) is 17.6. The number of carbonyl (C=O) groups excluding carboxylic acids is 1. The Morgan fingerprint density at radius 2 is 2.12 bits per heavy atom. The fourth-order valence-electron chi connectivity index (χ4n) is 3.75. The summed E-state index contributed by atoms with van der Waals surface area (Å²) >= 11 is 0. The van der Waals surface area contributed by atoms with E-state index >= 15 is 0 Å². The maximum atomic E-state index is 12.5. The third kappa shape index (κ3) is 4.47. The number of amides is 1. The number of aromatic nitrogens is 2. The number of fused-ring (bicyclic) bond motifs is 1. The van der Waals surface area contributed by atoms with Crippen molar-refractivity contribution in [3.8, 4) is 0 Å². The Kier molecular flexibility index (Phi) is 5.84. The number of H-pyrrole nitrogens is 1. The zero-order chi connectivity index (χ0) is 17.6. The first-order valence-corrected chi connectivity index (χ1v) is 9.43. The Hall–Kier alpha value is -2.17. The van der Waals surface area contributed by atoms with E-state index in [9.17, 15) is 9.59 Å². The molecule has 0 spiro atoms. The van der Waals surface area contributed by atoms with Gasteiger partial charge >= 0.3 is 0 Å². The van der Waals surface area contributed by atoms with Crippen LogP contribution in [0.2, 0.25) is 0 Å². The van der Waals surface area contributed by atoms with Gasteiger partial charge in [0, 0.05) is 25.9 Å². The fourth-order valence-corrected chi connectivity index (χ4v) is 3.75. The molecule has 5 nitrogen and oxygen atoms in total. The molecule has 3 rings (SSSR count). The highest BCUT2D eigenvalue weighted by atomic mass is 16.2. The number of likely N-dealkylation sites (tertiary alicyclic amines) is 1. The van der Waals surface area contributed by atoms with Crippen LogP contribution in [0.15, 0.2) is 29.1 Å². The van der Waals surface area contributed by atoms with E-state index in [0.717, 1.165) is 31.8 Å². The van der Waals surface area contributed by atoms with Gasteiger partial charge in [0.2, 0.25) is 5.91 Å². The number of aromatic amines is 1. The lowest BCUT2D eigenvalue weighted by Crippen LogP contribution is -2.32. The third-order valence-corrected chi connectivity index (χ3v) is 5.13. The topological polar surface area (TPSA) is 66.1 Å². The third-order valence-electron chi connectivity index (χ3n) is 5.13. The fraction of sp³-hybridized carbons (Fsp3) is 0.550. The molecule has 0 radical (unpaired) electrons. The number of hydrogen-bond acceptors (Lipinski definition) is 3. The molecule has 1 amide bonds. The highest BCUT2D eigenvalue weighted by Gasteiger charge is 2.20. The van der Waals surface area contributed by atoms with Gasteiger partial charge in [-0.15, -0.1) is 0 Å². The minimum absolute atomic E-state index is 0.134. The lowest BCUT2D eigenvalue weighted by molar-refractivity contribution is -0.131. The summed E-state index contributed by atoms with van der Waals surface area (Å²) in [7, 11) is 0. The first-order valence-electron chi connectivity index (χ1n) is 9.43. The van der Waals surface area contributed by atoms with Crippen LogP contribution in [0.1, 0.15) is 51.3 Å². The van der Waals surface area contributed by atoms with Gasteiger partial charge in [0.05, 0.1) is 10.9 Å². The summed E-state index contributed by atoms with van der Waals surface area (Å²) in [6, 6.07) is 7.29. The van der Waals surface area contributed by atoms with Gasteiger partial charge < -0.3 is 9.88 Å². The van der Waals surface area contributed by atoms with Crippen molar-refractivity contribution in [2.75, 3.05) is 13.1 Å². The number of para-hydroxylation sites is 1. The van der Waals surface area contributed by atoms with Gasteiger partial charge in [-0.2, -0.15) is 0 Å². The van der Waals surface area contributed by atoms with Crippen LogP contribution in [-0.2, 0) is 11.2 Å². The van der Waals surface area contributed by atoms with Gasteiger partial charge in [-0.3, -0.25) is 9.59 Å². The van der Waals surface area contributed by atoms with Crippen LogP contribution in [0.5, 0.6) is 0 Å². The van der Waals surface area contributed by atoms with Crippen LogP contribution in [0.3, 0.4) is 0 Å². The summed E-state index contributed by atoms with van der Waals surface area (Å²) < 4.78 is 0. The molecule has 0 bridgehead atoms. The number of carbonyl (C=O) groups is 1. The molecule has 1 atom stereocenters. The quantitative estimate of drug-likeness (QED) is 0.907. The molecule has 2 heterocycles. The van der Waals surface area contributed by atoms with E-state index in [0.29, 0.717) is 29.6 Å². The largest absolute Gasteiger partial charge is 0.343 e. The zero-order valence-corrected chi connectivity index (χ0v) is 15.0. The molecule has 1 fully saturated rings. The monoisotopic (exact) mass is 341 g/mol. The van der Waals surface area contributed by atoms with Gasteiger partial charge in [0.25, 0.3) is 5.56 Å². The summed E-state index contributed by atoms with van der Waals surface area (Å²) in [6.45, 7) is 3.96. The summed E-state index contributed by atoms with van der Waals surface area (Å²) in [4.78, 5) is 33.9. The predicted octanol–water partition coefficient (Wildman–Crippen LogP) is 3.28. The van der Waals surface area contributed by atoms with Crippen LogP contribution < -0.4 is 5.56 Å². The molecule has 134 valence electrons. The summed E-state index contributed by atoms with van der Waals surface area (Å²) in [5.41, 5.74) is 0.552. The Balaban J connectivity index is 1.60. The van der Waals surface area contributed by atoms with Crippen molar-refractivity contribution in [1.82, 2.24) is 14.9 Å². The van der Waals surface area contributed by atoms with Gasteiger partial charge in [-0.25, -0.2) is 4.98 Å². The SMILES string of the molecule is CCCC1CCCN(C(=O)CCc2nc3ccccc3c(=O)[nH]2)CC1. The summed E-state index contributed by atoms with van der Waals surface area (Å²) in [5, 5.41) is 0.590. The Morgan fingerprint density at radius 3 is 2.96 bits per heavy atom. The summed E-state index contributed by atoms with van der Waals surface area (Å²) in [5.74, 6) is 1.53. The van der Waals surface area contributed by atoms with Crippen molar-refractivity contribution >= 4 is 16.8 Å². The minimum atomic E-state index is -0.134. The van der Waals surface area contributed by atoms with Crippen LogP contribution in [0.25, 0.3) is 10.9 Å². The molecule has 0 aliphatic carbocycles. The van der Waals surface area contributed by atoms with E-state index in [-0.39, 0.29) is 11.5 Å². The van der Waals surface area contributed by atoms with Gasteiger partial charge in [0.15, 0.2) is 0 Å². The number of nitrogens with one attached hydrogen (secondary N) is 1. The number of hydrogen-bond donors (Lipinski definition) is 1. The second-order valence-corrected chi connectivity index (χ2v) is 7.00. The Labute approximate surface area is 148 Å². The molecule has 25 heavy (non-hydrogen) atoms. The van der Waals surface area contributed by atoms with Crippen molar-refractivity contribution < 1.29 is 4.79 Å². The molecule has 0 saturated carbocycles. The average molecular weight is 341 g/mol. The maximum absolute atomic E-state index is 12.5. The molecular formula is C20H27N3O2. The van der Waals surface area contributed by atoms with Crippen LogP contribution >= 0.6 is 0 Å². The highest BCUT2D eigenvalue weighted by Crippen LogP contribution is 2.22. The molecule has 1 N–H and O–H groups in total. The van der Waals surface area contributed by atoms with E-state index in [1.54, 1.807) is 6.07 Å². The van der Waals surface area contributed by atoms with E-state index < -0.39 is 0 Å². The first-order chi connectivity index (χ1) is 12.2. The molecule has 1 unspecified atom stereocenters. The van der Waals surface area contributed by atoms with Gasteiger partial charge in [-0.05, 0) is 37.3 Å². The van der Waals surface area contributed by atoms with Gasteiger partial charge in [-0.1, -0.05) is 31.9 Å². The predicted molar refractivity (Wildman–Crippen MR) is 99.5 cm³/mol. The average Bonchev–Trinajstić information content (AvgIpc) is 2.86. The normalized spacial score (nSPS) is 18.3. The van der Waals surface area contributed by atoms with Crippen LogP contribution in [0.4, 0.5) is 0 Å². The zero-order valence-electron chi connectivity index (χ0n) is 15.0. The lowest BCUT2D eigenvalue weighted by Gasteiger charge is -2.20. The van der Waals surface area contributed by atoms with E-state index in [1.165, 1.54) is 19.3 Å². The van der Waals surface area contributed by atoms with E-state index in [2.05, 4.69) is 16.9 Å². The number of aryl methyl sites for hydroxylation is 1. The minimum Gasteiger partial charge on any atom is -0.343 e. The van der Waals surface area contributed by atoms with Crippen molar-refractivity contribution in [3.63, 3.8) is 0 Å². The van der Waals surface area contributed by atoms with Crippen LogP contribution in [-0.4, -0.2) is 33.9 Å². The Morgan fingerprint density at radius 1 is 1.28 bits per heavy atom. The number of benzene rings is 1. The van der Waals surface area contributed by atoms with Gasteiger partial charge in [0.1, 0.15) is 5.82 Å². The molecule has 1 aliphatic rings. The molecule has 1 saturated heterocycles. The van der Waals surface area contributed by atoms with Crippen LogP contribution in [0, 0.1) is 5.92 Å². The number of nitrogens with zero attached hydrogens (tertiary/aromatic N) is 2. The molecule has 1 aromatic carbocycles. The molecule has 1 aliphatic heterocycles. The van der Waals surface area contributed by atoms with E-state index in [1.807, 2.05) is 23.1 Å². The lowest BCUT2D eigenvalue weighted by atomic mass is 9.96.